The van der Waals surface area contributed by atoms with Crippen molar-refractivity contribution in [2.24, 2.45) is 0 Å². The maximum atomic E-state index is 14.3. The molecule has 250 valence electrons. The first-order valence-electron chi connectivity index (χ1n) is 16.5. The summed E-state index contributed by atoms with van der Waals surface area (Å²) in [6.07, 6.45) is 1.48. The van der Waals surface area contributed by atoms with Gasteiger partial charge in [0.25, 0.3) is 0 Å². The third-order valence-corrected chi connectivity index (χ3v) is 8.78. The number of aromatic nitrogens is 4. The Kier molecular flexibility index (Phi) is 9.39. The molecular weight excluding hydrogens is 791 g/mol. The summed E-state index contributed by atoms with van der Waals surface area (Å²) in [6, 6.07) is 36.4. The largest absolute Gasteiger partial charge is 2.00 e. The minimum atomic E-state index is -0.352. The summed E-state index contributed by atoms with van der Waals surface area (Å²) >= 11 is 0. The average Bonchev–Trinajstić information content (AvgIpc) is 3.62. The number of pyridine rings is 1. The molecule has 0 radical (unpaired) electrons. The van der Waals surface area contributed by atoms with Crippen molar-refractivity contribution in [2.45, 2.75) is 65.7 Å². The van der Waals surface area contributed by atoms with Crippen LogP contribution in [0.5, 0.6) is 11.5 Å². The van der Waals surface area contributed by atoms with Crippen molar-refractivity contribution in [3.05, 3.63) is 132 Å². The molecule has 7 heteroatoms. The van der Waals surface area contributed by atoms with Gasteiger partial charge >= 0.3 is 21.1 Å². The Labute approximate surface area is 302 Å². The summed E-state index contributed by atoms with van der Waals surface area (Å²) in [5, 5.41) is 7.20. The van der Waals surface area contributed by atoms with Gasteiger partial charge in [-0.3, -0.25) is 4.68 Å². The molecule has 0 N–H and O–H groups in total. The molecule has 0 aliphatic carbocycles. The number of halogens is 1. The fourth-order valence-corrected chi connectivity index (χ4v) is 6.43. The van der Waals surface area contributed by atoms with Crippen LogP contribution in [0.25, 0.3) is 44.4 Å². The van der Waals surface area contributed by atoms with Gasteiger partial charge in [-0.1, -0.05) is 96.4 Å². The topological polar surface area (TPSA) is 44.9 Å². The minimum Gasteiger partial charge on any atom is -0.509 e. The van der Waals surface area contributed by atoms with Gasteiger partial charge in [0.2, 0.25) is 0 Å². The third kappa shape index (κ3) is 6.47. The summed E-state index contributed by atoms with van der Waals surface area (Å²) < 4.78 is 24.7. The summed E-state index contributed by atoms with van der Waals surface area (Å²) in [7, 11) is 0. The Morgan fingerprint density at radius 3 is 2.20 bits per heavy atom. The van der Waals surface area contributed by atoms with Gasteiger partial charge in [0.05, 0.1) is 11.4 Å². The second-order valence-electron chi connectivity index (χ2n) is 14.0. The predicted molar refractivity (Wildman–Crippen MR) is 192 cm³/mol. The van der Waals surface area contributed by atoms with E-state index < -0.39 is 0 Å². The molecule has 0 saturated carbocycles. The first-order chi connectivity index (χ1) is 23.0. The molecule has 0 bridgehead atoms. The molecule has 0 spiro atoms. The van der Waals surface area contributed by atoms with E-state index in [2.05, 4.69) is 89.8 Å². The maximum absolute atomic E-state index is 14.3. The van der Waals surface area contributed by atoms with E-state index in [-0.39, 0.29) is 44.1 Å². The molecule has 0 unspecified atom stereocenters. The zero-order valence-corrected chi connectivity index (χ0v) is 31.1. The zero-order valence-electron chi connectivity index (χ0n) is 28.8. The SMILES string of the molecule is CC(C)c1nn(-c2[c-]c(Oc3[c-]c4c(cc3)c3ccccc3n4-c3cc(F)ccn3)ccc2)c(C(C)C)c1-c1ccc(C(C)(C)C)cc1.[Pt+2]. The molecule has 3 aromatic heterocycles. The summed E-state index contributed by atoms with van der Waals surface area (Å²) in [5.74, 6) is 1.61. The van der Waals surface area contributed by atoms with E-state index in [1.165, 1.54) is 35.0 Å². The number of nitrogens with zero attached hydrogens (tertiary/aromatic N) is 4. The van der Waals surface area contributed by atoms with Gasteiger partial charge in [-0.25, -0.2) is 9.37 Å². The number of benzene rings is 4. The van der Waals surface area contributed by atoms with Gasteiger partial charge in [-0.15, -0.1) is 35.7 Å². The Morgan fingerprint density at radius 2 is 1.51 bits per heavy atom. The predicted octanol–water partition coefficient (Wildman–Crippen LogP) is 11.1. The van der Waals surface area contributed by atoms with E-state index in [1.807, 2.05) is 63.8 Å². The van der Waals surface area contributed by atoms with Crippen LogP contribution >= 0.6 is 0 Å². The monoisotopic (exact) mass is 829 g/mol. The van der Waals surface area contributed by atoms with Crippen molar-refractivity contribution >= 4 is 21.8 Å². The standard InChI is InChI=1S/C42H39FN4O.Pt/c1-26(2)40-39(28-15-17-29(18-16-28)42(5,6)7)41(27(3)4)47(45-40)31-11-10-12-32(24-31)48-33-19-20-35-34-13-8-9-14-36(34)46(37(35)25-33)38-23-30(43)21-22-44-38;/h8-23,26-27H,1-7H3;/q-2;+2. The van der Waals surface area contributed by atoms with Gasteiger partial charge in [0.1, 0.15) is 11.6 Å². The van der Waals surface area contributed by atoms with E-state index >= 15 is 0 Å². The minimum absolute atomic E-state index is 0. The number of rotatable bonds is 7. The van der Waals surface area contributed by atoms with E-state index in [0.717, 1.165) is 38.9 Å². The normalized spacial score (nSPS) is 11.9. The first kappa shape index (κ1) is 34.3. The Bertz CT molecular complexity index is 2280. The van der Waals surface area contributed by atoms with Crippen LogP contribution in [0.3, 0.4) is 0 Å². The summed E-state index contributed by atoms with van der Waals surface area (Å²) in [6.45, 7) is 15.5. The molecule has 0 aliphatic heterocycles. The number of ether oxygens (including phenoxy) is 1. The van der Waals surface area contributed by atoms with Crippen LogP contribution < -0.4 is 4.74 Å². The van der Waals surface area contributed by atoms with Crippen molar-refractivity contribution in [3.8, 4) is 34.1 Å². The molecule has 49 heavy (non-hydrogen) atoms. The second-order valence-corrected chi connectivity index (χ2v) is 14.0. The number of para-hydroxylation sites is 1. The average molecular weight is 830 g/mol. The molecule has 0 saturated heterocycles. The maximum Gasteiger partial charge on any atom is 2.00 e. The zero-order chi connectivity index (χ0) is 33.7. The van der Waals surface area contributed by atoms with Gasteiger partial charge in [-0.05, 0) is 51.6 Å². The Hall–Kier alpha value is -4.54. The molecule has 3 heterocycles. The van der Waals surface area contributed by atoms with Crippen LogP contribution in [0, 0.1) is 17.9 Å². The van der Waals surface area contributed by atoms with E-state index in [0.29, 0.717) is 17.3 Å². The van der Waals surface area contributed by atoms with Crippen molar-refractivity contribution < 1.29 is 30.2 Å². The smallest absolute Gasteiger partial charge is 0.509 e. The van der Waals surface area contributed by atoms with Crippen molar-refractivity contribution in [1.82, 2.24) is 19.3 Å². The summed E-state index contributed by atoms with van der Waals surface area (Å²) in [5.41, 5.74) is 8.38. The molecule has 5 nitrogen and oxygen atoms in total. The van der Waals surface area contributed by atoms with Crippen molar-refractivity contribution in [2.75, 3.05) is 0 Å². The molecule has 0 aliphatic rings. The molecule has 7 aromatic rings. The molecule has 0 atom stereocenters. The van der Waals surface area contributed by atoms with Crippen LogP contribution in [0.1, 0.15) is 77.3 Å². The summed E-state index contributed by atoms with van der Waals surface area (Å²) in [4.78, 5) is 4.47. The number of fused-ring (bicyclic) bond motifs is 3. The van der Waals surface area contributed by atoms with Crippen LogP contribution in [0.4, 0.5) is 4.39 Å². The second kappa shape index (κ2) is 13.4. The fraction of sp³-hybridized carbons (Fsp3) is 0.238. The van der Waals surface area contributed by atoms with Crippen LogP contribution in [-0.2, 0) is 26.5 Å². The van der Waals surface area contributed by atoms with Crippen LogP contribution in [0.2, 0.25) is 0 Å². The van der Waals surface area contributed by atoms with Gasteiger partial charge in [0.15, 0.2) is 0 Å². The van der Waals surface area contributed by atoms with E-state index in [1.54, 1.807) is 0 Å². The van der Waals surface area contributed by atoms with Crippen LogP contribution in [0.15, 0.2) is 97.2 Å². The van der Waals surface area contributed by atoms with E-state index in [4.69, 9.17) is 9.84 Å². The fourth-order valence-electron chi connectivity index (χ4n) is 6.43. The van der Waals surface area contributed by atoms with E-state index in [9.17, 15) is 4.39 Å². The molecule has 0 fully saturated rings. The molecule has 0 amide bonds. The van der Waals surface area contributed by atoms with Crippen LogP contribution in [-0.4, -0.2) is 19.3 Å². The third-order valence-electron chi connectivity index (χ3n) is 8.78. The Morgan fingerprint density at radius 1 is 0.776 bits per heavy atom. The number of hydrogen-bond acceptors (Lipinski definition) is 3. The van der Waals surface area contributed by atoms with Gasteiger partial charge in [-0.2, -0.15) is 17.2 Å². The van der Waals surface area contributed by atoms with Gasteiger partial charge in [0, 0.05) is 34.8 Å². The molecular formula is C42H39FN4OPt. The van der Waals surface area contributed by atoms with Crippen molar-refractivity contribution in [3.63, 3.8) is 0 Å². The molecule has 4 aromatic carbocycles. The number of hydrogen-bond donors (Lipinski definition) is 0. The quantitative estimate of drug-likeness (QED) is 0.150. The molecule has 7 rings (SSSR count). The van der Waals surface area contributed by atoms with Crippen molar-refractivity contribution in [1.29, 1.82) is 0 Å². The Balaban J connectivity index is 0.00000417. The first-order valence-corrected chi connectivity index (χ1v) is 16.5. The van der Waals surface area contributed by atoms with Gasteiger partial charge < -0.3 is 9.30 Å².